The van der Waals surface area contributed by atoms with Gasteiger partial charge in [-0.25, -0.2) is 9.97 Å². The van der Waals surface area contributed by atoms with Gasteiger partial charge in [0.25, 0.3) is 5.24 Å². The third-order valence-electron chi connectivity index (χ3n) is 5.18. The van der Waals surface area contributed by atoms with Gasteiger partial charge in [0.05, 0.1) is 18.4 Å². The molecule has 35 heavy (non-hydrogen) atoms. The highest BCUT2D eigenvalue weighted by Gasteiger charge is 2.31. The predicted molar refractivity (Wildman–Crippen MR) is 134 cm³/mol. The Kier molecular flexibility index (Phi) is 8.04. The number of carbonyl (C=O) groups excluding carboxylic acids is 2. The molecule has 2 heterocycles. The summed E-state index contributed by atoms with van der Waals surface area (Å²) in [6.45, 7) is 3.60. The zero-order chi connectivity index (χ0) is 24.6. The Labute approximate surface area is 207 Å². The fraction of sp³-hybridized carbons (Fsp3) is 0.280. The van der Waals surface area contributed by atoms with Crippen LogP contribution in [0.5, 0.6) is 23.1 Å². The Morgan fingerprint density at radius 3 is 2.34 bits per heavy atom. The van der Waals surface area contributed by atoms with Gasteiger partial charge in [-0.15, -0.1) is 0 Å². The highest BCUT2D eigenvalue weighted by Crippen LogP contribution is 2.25. The van der Waals surface area contributed by atoms with E-state index in [1.54, 1.807) is 6.07 Å². The van der Waals surface area contributed by atoms with E-state index in [0.717, 1.165) is 28.8 Å². The van der Waals surface area contributed by atoms with Crippen LogP contribution in [0.3, 0.4) is 0 Å². The van der Waals surface area contributed by atoms with Gasteiger partial charge in [-0.2, -0.15) is 0 Å². The van der Waals surface area contributed by atoms with Crippen LogP contribution < -0.4 is 24.4 Å². The van der Waals surface area contributed by atoms with Gasteiger partial charge in [0, 0.05) is 13.1 Å². The molecule has 182 valence electrons. The number of imide groups is 1. The van der Waals surface area contributed by atoms with Gasteiger partial charge in [0.15, 0.2) is 0 Å². The van der Waals surface area contributed by atoms with E-state index >= 15 is 0 Å². The second kappa shape index (κ2) is 11.6. The molecule has 9 nitrogen and oxygen atoms in total. The number of rotatable bonds is 11. The molecule has 1 aliphatic heterocycles. The summed E-state index contributed by atoms with van der Waals surface area (Å²) >= 11 is 1.03. The first kappa shape index (κ1) is 24.3. The number of anilines is 1. The van der Waals surface area contributed by atoms with Gasteiger partial charge >= 0.3 is 0 Å². The predicted octanol–water partition coefficient (Wildman–Crippen LogP) is 4.08. The molecule has 1 unspecified atom stereocenters. The molecule has 4 rings (SSSR count). The van der Waals surface area contributed by atoms with Crippen molar-refractivity contribution in [1.29, 1.82) is 0 Å². The lowest BCUT2D eigenvalue weighted by Crippen LogP contribution is -2.25. The van der Waals surface area contributed by atoms with E-state index in [1.807, 2.05) is 67.4 Å². The quantitative estimate of drug-likeness (QED) is 0.422. The first-order valence-electron chi connectivity index (χ1n) is 11.2. The minimum Gasteiger partial charge on any atom is -0.494 e. The van der Waals surface area contributed by atoms with Gasteiger partial charge in [-0.1, -0.05) is 23.9 Å². The van der Waals surface area contributed by atoms with Crippen LogP contribution in [-0.2, 0) is 11.2 Å². The van der Waals surface area contributed by atoms with Crippen LogP contribution in [0.2, 0.25) is 0 Å². The topological polar surface area (TPSA) is 103 Å². The van der Waals surface area contributed by atoms with Crippen molar-refractivity contribution in [2.24, 2.45) is 0 Å². The van der Waals surface area contributed by atoms with E-state index in [0.29, 0.717) is 43.6 Å². The van der Waals surface area contributed by atoms with Gasteiger partial charge in [-0.05, 0) is 55.3 Å². The van der Waals surface area contributed by atoms with Crippen LogP contribution in [0.25, 0.3) is 0 Å². The van der Waals surface area contributed by atoms with Crippen molar-refractivity contribution in [1.82, 2.24) is 15.3 Å². The lowest BCUT2D eigenvalue weighted by atomic mass is 10.1. The third-order valence-corrected chi connectivity index (χ3v) is 6.16. The number of nitrogens with zero attached hydrogens (tertiary/aromatic N) is 3. The van der Waals surface area contributed by atoms with E-state index in [9.17, 15) is 9.59 Å². The number of hydrogen-bond donors (Lipinski definition) is 1. The van der Waals surface area contributed by atoms with Crippen molar-refractivity contribution in [3.63, 3.8) is 0 Å². The molecule has 10 heteroatoms. The monoisotopic (exact) mass is 494 g/mol. The maximum Gasteiger partial charge on any atom is 0.286 e. The minimum absolute atomic E-state index is 0.235. The molecule has 1 aliphatic rings. The van der Waals surface area contributed by atoms with Crippen LogP contribution >= 0.6 is 11.8 Å². The molecule has 2 amide bonds. The normalized spacial score (nSPS) is 15.0. The molecule has 1 fully saturated rings. The molecule has 1 saturated heterocycles. The highest BCUT2D eigenvalue weighted by molar-refractivity contribution is 8.15. The van der Waals surface area contributed by atoms with Crippen LogP contribution in [0, 0.1) is 0 Å². The zero-order valence-corrected chi connectivity index (χ0v) is 20.3. The summed E-state index contributed by atoms with van der Waals surface area (Å²) in [4.78, 5) is 33.5. The fourth-order valence-electron chi connectivity index (χ4n) is 3.36. The van der Waals surface area contributed by atoms with Crippen molar-refractivity contribution in [3.8, 4) is 23.1 Å². The molecule has 2 aromatic carbocycles. The van der Waals surface area contributed by atoms with Gasteiger partial charge in [0.1, 0.15) is 36.0 Å². The maximum absolute atomic E-state index is 11.7. The number of aromatic nitrogens is 2. The molecule has 3 aromatic rings. The second-order valence-corrected chi connectivity index (χ2v) is 8.90. The number of amides is 2. The average molecular weight is 495 g/mol. The summed E-state index contributed by atoms with van der Waals surface area (Å²) in [5.74, 6) is 3.09. The average Bonchev–Trinajstić information content (AvgIpc) is 3.18. The molecular weight excluding hydrogens is 468 g/mol. The van der Waals surface area contributed by atoms with Crippen molar-refractivity contribution >= 4 is 28.7 Å². The molecule has 1 aromatic heterocycles. The molecule has 1 N–H and O–H groups in total. The minimum atomic E-state index is -0.376. The largest absolute Gasteiger partial charge is 0.494 e. The molecule has 0 aliphatic carbocycles. The van der Waals surface area contributed by atoms with Crippen LogP contribution in [0.15, 0.2) is 60.9 Å². The molecule has 0 radical (unpaired) electrons. The Morgan fingerprint density at radius 2 is 1.66 bits per heavy atom. The second-order valence-electron chi connectivity index (χ2n) is 7.72. The first-order chi connectivity index (χ1) is 17.0. The van der Waals surface area contributed by atoms with Crippen LogP contribution in [0.1, 0.15) is 12.5 Å². The number of hydrogen-bond acceptors (Lipinski definition) is 9. The van der Waals surface area contributed by atoms with Gasteiger partial charge < -0.3 is 19.1 Å². The number of carbonyl (C=O) groups is 2. The first-order valence-corrected chi connectivity index (χ1v) is 12.0. The van der Waals surface area contributed by atoms with E-state index in [-0.39, 0.29) is 16.4 Å². The Balaban J connectivity index is 1.25. The molecule has 0 saturated carbocycles. The number of likely N-dealkylation sites (N-methyl/N-ethyl adjacent to an activating group) is 1. The van der Waals surface area contributed by atoms with Crippen molar-refractivity contribution < 1.29 is 23.8 Å². The van der Waals surface area contributed by atoms with E-state index < -0.39 is 0 Å². The molecular formula is C25H26N4O5S. The Bertz CT molecular complexity index is 1160. The van der Waals surface area contributed by atoms with Gasteiger partial charge in [0.2, 0.25) is 11.8 Å². The summed E-state index contributed by atoms with van der Waals surface area (Å²) in [5.41, 5.74) is 0.970. The summed E-state index contributed by atoms with van der Waals surface area (Å²) in [7, 11) is 1.92. The maximum atomic E-state index is 11.7. The lowest BCUT2D eigenvalue weighted by molar-refractivity contribution is -0.118. The molecule has 0 spiro atoms. The number of thioether (sulfide) groups is 1. The van der Waals surface area contributed by atoms with E-state index in [2.05, 4.69) is 15.3 Å². The smallest absolute Gasteiger partial charge is 0.286 e. The third kappa shape index (κ3) is 6.86. The number of benzene rings is 2. The van der Waals surface area contributed by atoms with Crippen molar-refractivity contribution in [2.45, 2.75) is 18.6 Å². The SMILES string of the molecule is CCOc1ccc(Oc2cc(N(C)CCOc3ccc(CC4SC(=O)NC4=O)cc3)ncn2)cc1. The van der Waals surface area contributed by atoms with Crippen molar-refractivity contribution in [3.05, 3.63) is 66.5 Å². The number of ether oxygens (including phenoxy) is 3. The van der Waals surface area contributed by atoms with Crippen LogP contribution in [-0.4, -0.2) is 53.2 Å². The van der Waals surface area contributed by atoms with E-state index in [1.165, 1.54) is 6.33 Å². The van der Waals surface area contributed by atoms with Crippen LogP contribution in [0.4, 0.5) is 10.6 Å². The zero-order valence-electron chi connectivity index (χ0n) is 19.5. The van der Waals surface area contributed by atoms with Gasteiger partial charge in [-0.3, -0.25) is 14.9 Å². The standard InChI is InChI=1S/C25H26N4O5S/c1-3-32-18-8-10-20(11-9-18)34-23-15-22(26-16-27-23)29(2)12-13-33-19-6-4-17(5-7-19)14-21-24(30)28-25(31)35-21/h4-11,15-16,21H,3,12-14H2,1-2H3,(H,28,30,31). The summed E-state index contributed by atoms with van der Waals surface area (Å²) in [5, 5.41) is 1.64. The summed E-state index contributed by atoms with van der Waals surface area (Å²) in [6, 6.07) is 16.7. The van der Waals surface area contributed by atoms with Crippen molar-refractivity contribution in [2.75, 3.05) is 31.7 Å². The highest BCUT2D eigenvalue weighted by atomic mass is 32.2. The fourth-order valence-corrected chi connectivity index (χ4v) is 4.22. The van der Waals surface area contributed by atoms with E-state index in [4.69, 9.17) is 14.2 Å². The lowest BCUT2D eigenvalue weighted by Gasteiger charge is -2.18. The summed E-state index contributed by atoms with van der Waals surface area (Å²) < 4.78 is 17.1. The molecule has 1 atom stereocenters. The number of nitrogens with one attached hydrogen (secondary N) is 1. The Hall–Kier alpha value is -3.79. The summed E-state index contributed by atoms with van der Waals surface area (Å²) in [6.07, 6.45) is 1.96. The Morgan fingerprint density at radius 1 is 0.971 bits per heavy atom. The molecule has 0 bridgehead atoms.